The van der Waals surface area contributed by atoms with Gasteiger partial charge in [0.05, 0.1) is 6.61 Å². The number of nitrogens with one attached hydrogen (secondary N) is 1. The van der Waals surface area contributed by atoms with Crippen molar-refractivity contribution in [2.75, 3.05) is 70.2 Å². The minimum atomic E-state index is -0.130. The van der Waals surface area contributed by atoms with Gasteiger partial charge in [0.15, 0.2) is 0 Å². The molecule has 2 aliphatic heterocycles. The molecule has 1 aromatic rings. The Morgan fingerprint density at radius 3 is 2.83 bits per heavy atom. The van der Waals surface area contributed by atoms with Crippen molar-refractivity contribution in [2.24, 2.45) is 5.92 Å². The van der Waals surface area contributed by atoms with Crippen molar-refractivity contribution in [2.45, 2.75) is 6.42 Å². The van der Waals surface area contributed by atoms with E-state index >= 15 is 0 Å². The van der Waals surface area contributed by atoms with E-state index in [1.807, 2.05) is 23.9 Å². The van der Waals surface area contributed by atoms with Crippen LogP contribution >= 0.6 is 0 Å². The second-order valence-electron chi connectivity index (χ2n) is 6.58. The first-order valence-electron chi connectivity index (χ1n) is 8.48. The third-order valence-electron chi connectivity index (χ3n) is 4.52. The van der Waals surface area contributed by atoms with Gasteiger partial charge in [0, 0.05) is 59.6 Å². The Bertz CT molecular complexity index is 553. The molecule has 3 rings (SSSR count). The fourth-order valence-corrected chi connectivity index (χ4v) is 3.06. The van der Waals surface area contributed by atoms with Crippen LogP contribution in [0, 0.1) is 5.92 Å². The maximum Gasteiger partial charge on any atom is 0.324 e. The number of hydrogen-bond donors (Lipinski definition) is 1. The molecule has 0 aromatic carbocycles. The Labute approximate surface area is 142 Å². The van der Waals surface area contributed by atoms with E-state index in [-0.39, 0.29) is 6.03 Å². The lowest BCUT2D eigenvalue weighted by molar-refractivity contribution is 0.124. The molecule has 0 bridgehead atoms. The zero-order valence-electron chi connectivity index (χ0n) is 14.4. The highest BCUT2D eigenvalue weighted by Gasteiger charge is 2.25. The molecule has 0 spiro atoms. The monoisotopic (exact) mass is 334 g/mol. The van der Waals surface area contributed by atoms with Crippen molar-refractivity contribution >= 4 is 17.8 Å². The summed E-state index contributed by atoms with van der Waals surface area (Å²) in [5.74, 6) is 1.76. The number of rotatable bonds is 4. The van der Waals surface area contributed by atoms with Gasteiger partial charge in [-0.25, -0.2) is 9.78 Å². The highest BCUT2D eigenvalue weighted by Crippen LogP contribution is 2.15. The topological polar surface area (TPSA) is 73.8 Å². The van der Waals surface area contributed by atoms with Crippen molar-refractivity contribution in [3.8, 4) is 0 Å². The van der Waals surface area contributed by atoms with Gasteiger partial charge in [-0.15, -0.1) is 0 Å². The summed E-state index contributed by atoms with van der Waals surface area (Å²) >= 11 is 0. The highest BCUT2D eigenvalue weighted by atomic mass is 16.5. The fourth-order valence-electron chi connectivity index (χ4n) is 3.06. The van der Waals surface area contributed by atoms with E-state index in [1.165, 1.54) is 0 Å². The molecule has 1 unspecified atom stereocenters. The first-order valence-corrected chi connectivity index (χ1v) is 8.48. The van der Waals surface area contributed by atoms with Gasteiger partial charge in [-0.3, -0.25) is 10.2 Å². The summed E-state index contributed by atoms with van der Waals surface area (Å²) in [4.78, 5) is 27.0. The van der Waals surface area contributed by atoms with Crippen LogP contribution in [0.3, 0.4) is 0 Å². The Balaban J connectivity index is 1.47. The summed E-state index contributed by atoms with van der Waals surface area (Å²) in [6, 6.07) is 1.68. The largest absolute Gasteiger partial charge is 0.381 e. The quantitative estimate of drug-likeness (QED) is 0.875. The maximum absolute atomic E-state index is 12.4. The van der Waals surface area contributed by atoms with Crippen LogP contribution in [0.15, 0.2) is 12.3 Å². The maximum atomic E-state index is 12.4. The van der Waals surface area contributed by atoms with Crippen LogP contribution < -0.4 is 10.2 Å². The number of anilines is 2. The van der Waals surface area contributed by atoms with Gasteiger partial charge in [0.1, 0.15) is 5.82 Å². The number of carbonyl (C=O) groups excluding carboxylic acids is 1. The van der Waals surface area contributed by atoms with Crippen LogP contribution in [0.2, 0.25) is 0 Å². The number of aromatic nitrogens is 2. The molecule has 8 nitrogen and oxygen atoms in total. The number of nitrogens with zero attached hydrogens (tertiary/aromatic N) is 5. The molecule has 2 fully saturated rings. The number of urea groups is 1. The van der Waals surface area contributed by atoms with E-state index in [0.29, 0.717) is 11.9 Å². The Morgan fingerprint density at radius 1 is 1.38 bits per heavy atom. The number of piperazine rings is 1. The Hall–Kier alpha value is -1.93. The lowest BCUT2D eigenvalue weighted by atomic mass is 10.1. The van der Waals surface area contributed by atoms with Crippen molar-refractivity contribution < 1.29 is 9.53 Å². The van der Waals surface area contributed by atoms with Gasteiger partial charge < -0.3 is 14.5 Å². The minimum Gasteiger partial charge on any atom is -0.381 e. The van der Waals surface area contributed by atoms with Crippen LogP contribution in [-0.2, 0) is 4.74 Å². The highest BCUT2D eigenvalue weighted by molar-refractivity contribution is 5.87. The van der Waals surface area contributed by atoms with Crippen LogP contribution in [0.25, 0.3) is 0 Å². The molecule has 1 N–H and O–H groups in total. The van der Waals surface area contributed by atoms with Gasteiger partial charge in [0.25, 0.3) is 0 Å². The van der Waals surface area contributed by atoms with Gasteiger partial charge in [-0.1, -0.05) is 0 Å². The molecule has 3 heterocycles. The second kappa shape index (κ2) is 7.76. The summed E-state index contributed by atoms with van der Waals surface area (Å²) in [5, 5.41) is 2.79. The van der Waals surface area contributed by atoms with Crippen LogP contribution in [-0.4, -0.2) is 85.8 Å². The molecular formula is C16H26N6O2. The molecule has 132 valence electrons. The molecule has 2 amide bonds. The summed E-state index contributed by atoms with van der Waals surface area (Å²) in [6.45, 7) is 6.10. The lowest BCUT2D eigenvalue weighted by Gasteiger charge is -2.35. The third kappa shape index (κ3) is 4.33. The molecule has 1 atom stereocenters. The second-order valence-corrected chi connectivity index (χ2v) is 6.58. The van der Waals surface area contributed by atoms with Gasteiger partial charge in [-0.05, 0) is 18.4 Å². The van der Waals surface area contributed by atoms with E-state index < -0.39 is 0 Å². The molecular weight excluding hydrogens is 308 g/mol. The van der Waals surface area contributed by atoms with Crippen LogP contribution in [0.5, 0.6) is 0 Å². The van der Waals surface area contributed by atoms with Gasteiger partial charge in [-0.2, -0.15) is 4.98 Å². The molecule has 0 radical (unpaired) electrons. The molecule has 0 saturated carbocycles. The number of amides is 2. The molecule has 8 heteroatoms. The normalized spacial score (nSPS) is 21.8. The smallest absolute Gasteiger partial charge is 0.324 e. The van der Waals surface area contributed by atoms with E-state index in [4.69, 9.17) is 4.74 Å². The average molecular weight is 334 g/mol. The lowest BCUT2D eigenvalue weighted by Crippen LogP contribution is -2.51. The summed E-state index contributed by atoms with van der Waals surface area (Å²) < 4.78 is 5.43. The van der Waals surface area contributed by atoms with Crippen molar-refractivity contribution in [3.05, 3.63) is 12.3 Å². The van der Waals surface area contributed by atoms with Crippen molar-refractivity contribution in [1.29, 1.82) is 0 Å². The van der Waals surface area contributed by atoms with Gasteiger partial charge in [0.2, 0.25) is 5.95 Å². The average Bonchev–Trinajstić information content (AvgIpc) is 3.08. The van der Waals surface area contributed by atoms with E-state index in [0.717, 1.165) is 58.2 Å². The SMILES string of the molecule is CN(C)c1ccnc(NC(=O)N2CCN(CC3CCOC3)CC2)n1. The number of ether oxygens (including phenoxy) is 1. The number of hydrogen-bond acceptors (Lipinski definition) is 6. The Kier molecular flexibility index (Phi) is 5.47. The van der Waals surface area contributed by atoms with Gasteiger partial charge >= 0.3 is 6.03 Å². The predicted octanol–water partition coefficient (Wildman–Crippen LogP) is 0.729. The number of carbonyl (C=O) groups is 1. The standard InChI is InChI=1S/C16H26N6O2/c1-20(2)14-3-5-17-15(18-14)19-16(23)22-8-6-21(7-9-22)11-13-4-10-24-12-13/h3,5,13H,4,6-12H2,1-2H3,(H,17,18,19,23). The zero-order valence-corrected chi connectivity index (χ0v) is 14.4. The minimum absolute atomic E-state index is 0.130. The predicted molar refractivity (Wildman–Crippen MR) is 92.3 cm³/mol. The molecule has 1 aromatic heterocycles. The molecule has 24 heavy (non-hydrogen) atoms. The summed E-state index contributed by atoms with van der Waals surface area (Å²) in [6.07, 6.45) is 2.81. The molecule has 0 aliphatic carbocycles. The van der Waals surface area contributed by atoms with Crippen molar-refractivity contribution in [1.82, 2.24) is 19.8 Å². The fraction of sp³-hybridized carbons (Fsp3) is 0.688. The van der Waals surface area contributed by atoms with Crippen LogP contribution in [0.4, 0.5) is 16.6 Å². The molecule has 2 aliphatic rings. The van der Waals surface area contributed by atoms with Crippen LogP contribution in [0.1, 0.15) is 6.42 Å². The Morgan fingerprint density at radius 2 is 2.17 bits per heavy atom. The molecule has 2 saturated heterocycles. The van der Waals surface area contributed by atoms with E-state index in [1.54, 1.807) is 12.3 Å². The summed E-state index contributed by atoms with van der Waals surface area (Å²) in [7, 11) is 3.81. The zero-order chi connectivity index (χ0) is 16.9. The summed E-state index contributed by atoms with van der Waals surface area (Å²) in [5.41, 5.74) is 0. The van der Waals surface area contributed by atoms with E-state index in [2.05, 4.69) is 20.2 Å². The third-order valence-corrected chi connectivity index (χ3v) is 4.52. The van der Waals surface area contributed by atoms with E-state index in [9.17, 15) is 4.79 Å². The first-order chi connectivity index (χ1) is 11.6. The first kappa shape index (κ1) is 16.9. The van der Waals surface area contributed by atoms with Crippen molar-refractivity contribution in [3.63, 3.8) is 0 Å².